The smallest absolute Gasteiger partial charge is 0.315 e. The van der Waals surface area contributed by atoms with E-state index in [4.69, 9.17) is 9.47 Å². The molecule has 3 atom stereocenters. The Morgan fingerprint density at radius 3 is 2.44 bits per heavy atom. The van der Waals surface area contributed by atoms with E-state index in [1.165, 1.54) is 0 Å². The summed E-state index contributed by atoms with van der Waals surface area (Å²) in [7, 11) is 0. The number of para-hydroxylation sites is 2. The van der Waals surface area contributed by atoms with Crippen LogP contribution < -0.4 is 10.6 Å². The molecule has 0 spiro atoms. The molecule has 0 unspecified atom stereocenters. The number of aromatic nitrogens is 2. The van der Waals surface area contributed by atoms with Crippen LogP contribution in [0.5, 0.6) is 0 Å². The molecule has 6 rings (SSSR count). The number of ether oxygens (including phenoxy) is 2. The summed E-state index contributed by atoms with van der Waals surface area (Å²) in [5.74, 6) is 0. The SMILES string of the molecule is CCNC(=O)NCc1ccccc1-c1ccc([C@@H]2O[C@H](Cn3cnc4ccccc43)C[C@H](c3ccc(CO)cc3)O2)cc1. The zero-order valence-corrected chi connectivity index (χ0v) is 24.1. The van der Waals surface area contributed by atoms with Crippen LogP contribution in [0.25, 0.3) is 22.2 Å². The van der Waals surface area contributed by atoms with E-state index in [9.17, 15) is 9.90 Å². The highest BCUT2D eigenvalue weighted by atomic mass is 16.7. The summed E-state index contributed by atoms with van der Waals surface area (Å²) in [6, 6.07) is 32.2. The topological polar surface area (TPSA) is 97.6 Å². The van der Waals surface area contributed by atoms with Gasteiger partial charge in [-0.3, -0.25) is 0 Å². The molecule has 1 fully saturated rings. The van der Waals surface area contributed by atoms with Gasteiger partial charge in [0.25, 0.3) is 0 Å². The van der Waals surface area contributed by atoms with Gasteiger partial charge in [0.1, 0.15) is 0 Å². The van der Waals surface area contributed by atoms with Crippen molar-refractivity contribution in [3.8, 4) is 11.1 Å². The zero-order valence-electron chi connectivity index (χ0n) is 24.1. The van der Waals surface area contributed by atoms with Gasteiger partial charge >= 0.3 is 6.03 Å². The molecule has 3 N–H and O–H groups in total. The molecule has 0 radical (unpaired) electrons. The molecule has 1 aromatic heterocycles. The molecule has 4 aromatic carbocycles. The Morgan fingerprint density at radius 1 is 0.907 bits per heavy atom. The van der Waals surface area contributed by atoms with Crippen LogP contribution in [-0.4, -0.2) is 33.3 Å². The largest absolute Gasteiger partial charge is 0.392 e. The summed E-state index contributed by atoms with van der Waals surface area (Å²) in [5.41, 5.74) is 8.02. The number of benzene rings is 4. The summed E-state index contributed by atoms with van der Waals surface area (Å²) >= 11 is 0. The number of fused-ring (bicyclic) bond motifs is 1. The Bertz CT molecular complexity index is 1670. The molecule has 5 aromatic rings. The first kappa shape index (κ1) is 28.6. The minimum absolute atomic E-state index is 0.00530. The van der Waals surface area contributed by atoms with Crippen molar-refractivity contribution in [3.05, 3.63) is 126 Å². The van der Waals surface area contributed by atoms with Gasteiger partial charge in [-0.1, -0.05) is 84.9 Å². The van der Waals surface area contributed by atoms with Crippen molar-refractivity contribution in [3.63, 3.8) is 0 Å². The lowest BCUT2D eigenvalue weighted by Gasteiger charge is -2.36. The highest BCUT2D eigenvalue weighted by Crippen LogP contribution is 2.39. The Kier molecular flexibility index (Phi) is 8.79. The van der Waals surface area contributed by atoms with E-state index in [-0.39, 0.29) is 24.8 Å². The van der Waals surface area contributed by atoms with Crippen LogP contribution in [0.1, 0.15) is 48.0 Å². The summed E-state index contributed by atoms with van der Waals surface area (Å²) < 4.78 is 15.3. The quantitative estimate of drug-likeness (QED) is 0.192. The van der Waals surface area contributed by atoms with Crippen molar-refractivity contribution in [1.82, 2.24) is 20.2 Å². The molecule has 8 heteroatoms. The molecule has 43 heavy (non-hydrogen) atoms. The van der Waals surface area contributed by atoms with Crippen LogP contribution in [0.3, 0.4) is 0 Å². The molecule has 1 aliphatic rings. The lowest BCUT2D eigenvalue weighted by atomic mass is 9.97. The summed E-state index contributed by atoms with van der Waals surface area (Å²) in [5, 5.41) is 15.2. The highest BCUT2D eigenvalue weighted by molar-refractivity contribution is 5.75. The lowest BCUT2D eigenvalue weighted by Crippen LogP contribution is -2.34. The number of imidazole rings is 1. The van der Waals surface area contributed by atoms with Gasteiger partial charge < -0.3 is 29.8 Å². The summed E-state index contributed by atoms with van der Waals surface area (Å²) in [6.45, 7) is 3.56. The number of nitrogens with one attached hydrogen (secondary N) is 2. The van der Waals surface area contributed by atoms with Crippen LogP contribution in [0.2, 0.25) is 0 Å². The van der Waals surface area contributed by atoms with E-state index in [0.29, 0.717) is 26.1 Å². The van der Waals surface area contributed by atoms with Gasteiger partial charge in [-0.05, 0) is 46.9 Å². The Morgan fingerprint density at radius 2 is 1.65 bits per heavy atom. The zero-order chi connectivity index (χ0) is 29.6. The molecule has 220 valence electrons. The maximum atomic E-state index is 12.0. The highest BCUT2D eigenvalue weighted by Gasteiger charge is 2.32. The van der Waals surface area contributed by atoms with Crippen LogP contribution >= 0.6 is 0 Å². The second-order valence-corrected chi connectivity index (χ2v) is 10.7. The van der Waals surface area contributed by atoms with Crippen LogP contribution in [0.4, 0.5) is 4.79 Å². The van der Waals surface area contributed by atoms with Gasteiger partial charge in [0, 0.05) is 25.1 Å². The van der Waals surface area contributed by atoms with E-state index in [1.807, 2.05) is 73.9 Å². The average Bonchev–Trinajstić information content (AvgIpc) is 3.46. The molecular formula is C35H36N4O4. The molecule has 1 aliphatic heterocycles. The van der Waals surface area contributed by atoms with Crippen molar-refractivity contribution in [2.24, 2.45) is 0 Å². The Balaban J connectivity index is 1.24. The van der Waals surface area contributed by atoms with E-state index in [2.05, 4.69) is 56.6 Å². The predicted molar refractivity (Wildman–Crippen MR) is 166 cm³/mol. The number of nitrogens with zero attached hydrogens (tertiary/aromatic N) is 2. The summed E-state index contributed by atoms with van der Waals surface area (Å²) in [4.78, 5) is 16.5. The molecule has 2 amide bonds. The van der Waals surface area contributed by atoms with E-state index in [0.717, 1.165) is 44.4 Å². The third-order valence-electron chi connectivity index (χ3n) is 7.83. The predicted octanol–water partition coefficient (Wildman–Crippen LogP) is 6.26. The minimum atomic E-state index is -0.556. The Labute approximate surface area is 251 Å². The number of amides is 2. The molecule has 0 saturated carbocycles. The third-order valence-corrected chi connectivity index (χ3v) is 7.83. The number of aliphatic hydroxyl groups excluding tert-OH is 1. The van der Waals surface area contributed by atoms with Gasteiger partial charge in [0.2, 0.25) is 0 Å². The van der Waals surface area contributed by atoms with Gasteiger partial charge in [0.05, 0.1) is 42.7 Å². The molecule has 0 bridgehead atoms. The normalized spacial score (nSPS) is 18.4. The summed E-state index contributed by atoms with van der Waals surface area (Å²) in [6.07, 6.45) is 1.72. The first-order valence-corrected chi connectivity index (χ1v) is 14.7. The number of hydrogen-bond donors (Lipinski definition) is 3. The van der Waals surface area contributed by atoms with E-state index in [1.54, 1.807) is 0 Å². The minimum Gasteiger partial charge on any atom is -0.392 e. The lowest BCUT2D eigenvalue weighted by molar-refractivity contribution is -0.252. The maximum Gasteiger partial charge on any atom is 0.315 e. The maximum absolute atomic E-state index is 12.0. The van der Waals surface area contributed by atoms with E-state index < -0.39 is 6.29 Å². The fourth-order valence-electron chi connectivity index (χ4n) is 5.58. The second kappa shape index (κ2) is 13.2. The van der Waals surface area contributed by atoms with Gasteiger partial charge in [-0.15, -0.1) is 0 Å². The van der Waals surface area contributed by atoms with Crippen LogP contribution in [-0.2, 0) is 29.2 Å². The number of urea groups is 1. The molecule has 8 nitrogen and oxygen atoms in total. The van der Waals surface area contributed by atoms with Gasteiger partial charge in [-0.25, -0.2) is 9.78 Å². The monoisotopic (exact) mass is 576 g/mol. The molecule has 2 heterocycles. The number of hydrogen-bond acceptors (Lipinski definition) is 5. The van der Waals surface area contributed by atoms with Crippen molar-refractivity contribution in [2.45, 2.75) is 51.5 Å². The van der Waals surface area contributed by atoms with E-state index >= 15 is 0 Å². The van der Waals surface area contributed by atoms with Crippen molar-refractivity contribution >= 4 is 17.1 Å². The molecular weight excluding hydrogens is 540 g/mol. The van der Waals surface area contributed by atoms with Crippen LogP contribution in [0, 0.1) is 0 Å². The first-order valence-electron chi connectivity index (χ1n) is 14.7. The number of aliphatic hydroxyl groups is 1. The molecule has 0 aliphatic carbocycles. The Hall–Kier alpha value is -4.50. The van der Waals surface area contributed by atoms with Crippen molar-refractivity contribution < 1.29 is 19.4 Å². The number of carbonyl (C=O) groups excluding carboxylic acids is 1. The van der Waals surface area contributed by atoms with Gasteiger partial charge in [0.15, 0.2) is 6.29 Å². The molecule has 1 saturated heterocycles. The second-order valence-electron chi connectivity index (χ2n) is 10.7. The number of carbonyl (C=O) groups is 1. The van der Waals surface area contributed by atoms with Gasteiger partial charge in [-0.2, -0.15) is 0 Å². The average molecular weight is 577 g/mol. The number of rotatable bonds is 9. The van der Waals surface area contributed by atoms with Crippen molar-refractivity contribution in [1.29, 1.82) is 0 Å². The van der Waals surface area contributed by atoms with Crippen LogP contribution in [0.15, 0.2) is 103 Å². The van der Waals surface area contributed by atoms with Crippen molar-refractivity contribution in [2.75, 3.05) is 6.54 Å². The first-order chi connectivity index (χ1) is 21.1. The third kappa shape index (κ3) is 6.62. The fraction of sp³-hybridized carbons (Fsp3) is 0.257. The standard InChI is InChI=1S/C35H36N4O4/c1-2-36-35(41)37-20-28-7-3-4-8-30(28)25-15-17-27(18-16-25)34-42-29(21-39-23-38-31-9-5-6-10-32(31)39)19-33(43-34)26-13-11-24(22-40)12-14-26/h3-18,23,29,33-34,40H,2,19-22H2,1H3,(H2,36,37,41)/t29-,33+,34+/m0/s1. The fourth-order valence-corrected chi connectivity index (χ4v) is 5.58.